The van der Waals surface area contributed by atoms with Gasteiger partial charge in [0.2, 0.25) is 0 Å². The highest BCUT2D eigenvalue weighted by molar-refractivity contribution is 5.45. The molecule has 0 aliphatic carbocycles. The Hall–Kier alpha value is -1.22. The molecule has 1 aliphatic rings. The summed E-state index contributed by atoms with van der Waals surface area (Å²) in [5.74, 6) is 2.09. The van der Waals surface area contributed by atoms with Crippen LogP contribution in [0.1, 0.15) is 11.5 Å². The van der Waals surface area contributed by atoms with E-state index >= 15 is 0 Å². The molecule has 0 saturated heterocycles. The maximum Gasteiger partial charge on any atom is 0.126 e. The summed E-state index contributed by atoms with van der Waals surface area (Å²) in [5, 5.41) is 0. The molecule has 3 heteroatoms. The predicted molar refractivity (Wildman–Crippen MR) is 50.3 cm³/mol. The zero-order valence-electron chi connectivity index (χ0n) is 7.62. The number of benzene rings is 1. The van der Waals surface area contributed by atoms with Crippen molar-refractivity contribution in [3.8, 4) is 11.5 Å². The number of methoxy groups -OCH3 is 1. The lowest BCUT2D eigenvalue weighted by Crippen LogP contribution is -2.13. The van der Waals surface area contributed by atoms with Crippen LogP contribution in [0.3, 0.4) is 0 Å². The molecule has 0 fully saturated rings. The summed E-state index contributed by atoms with van der Waals surface area (Å²) in [5.41, 5.74) is 6.81. The molecule has 1 heterocycles. The number of fused-ring (bicyclic) bond motifs is 1. The standard InChI is InChI=1S/C10H13NO2/c1-12-8-2-3-9-7(5-11)6-13-10(9)4-8/h2-4,7H,5-6,11H2,1H3. The molecule has 1 unspecified atom stereocenters. The monoisotopic (exact) mass is 179 g/mol. The van der Waals surface area contributed by atoms with Crippen LogP contribution in [0, 0.1) is 0 Å². The zero-order chi connectivity index (χ0) is 9.26. The number of rotatable bonds is 2. The van der Waals surface area contributed by atoms with Gasteiger partial charge in [-0.2, -0.15) is 0 Å². The first-order valence-electron chi connectivity index (χ1n) is 4.36. The molecule has 2 rings (SSSR count). The molecule has 1 atom stereocenters. The van der Waals surface area contributed by atoms with Crippen LogP contribution in [0.25, 0.3) is 0 Å². The van der Waals surface area contributed by atoms with Crippen LogP contribution in [-0.2, 0) is 0 Å². The molecule has 1 aromatic rings. The Labute approximate surface area is 77.5 Å². The van der Waals surface area contributed by atoms with Gasteiger partial charge in [-0.3, -0.25) is 0 Å². The van der Waals surface area contributed by atoms with E-state index < -0.39 is 0 Å². The van der Waals surface area contributed by atoms with E-state index in [-0.39, 0.29) is 0 Å². The minimum Gasteiger partial charge on any atom is -0.497 e. The normalized spacial score (nSPS) is 19.4. The molecule has 0 amide bonds. The Morgan fingerprint density at radius 3 is 3.15 bits per heavy atom. The van der Waals surface area contributed by atoms with Gasteiger partial charge in [-0.1, -0.05) is 6.07 Å². The SMILES string of the molecule is COc1ccc2c(c1)OCC2CN. The molecule has 0 radical (unpaired) electrons. The van der Waals surface area contributed by atoms with Crippen molar-refractivity contribution < 1.29 is 9.47 Å². The maximum atomic E-state index is 5.61. The van der Waals surface area contributed by atoms with Crippen LogP contribution >= 0.6 is 0 Å². The quantitative estimate of drug-likeness (QED) is 0.740. The van der Waals surface area contributed by atoms with E-state index in [2.05, 4.69) is 0 Å². The minimum atomic E-state index is 0.348. The Balaban J connectivity index is 2.34. The third-order valence-electron chi connectivity index (χ3n) is 2.39. The van der Waals surface area contributed by atoms with Crippen molar-refractivity contribution in [1.82, 2.24) is 0 Å². The van der Waals surface area contributed by atoms with Gasteiger partial charge in [0.25, 0.3) is 0 Å². The fraction of sp³-hybridized carbons (Fsp3) is 0.400. The van der Waals surface area contributed by atoms with E-state index in [4.69, 9.17) is 15.2 Å². The van der Waals surface area contributed by atoms with Crippen molar-refractivity contribution in [1.29, 1.82) is 0 Å². The molecule has 0 spiro atoms. The molecular formula is C10H13NO2. The fourth-order valence-electron chi connectivity index (χ4n) is 1.58. The third-order valence-corrected chi connectivity index (χ3v) is 2.39. The Bertz CT molecular complexity index is 312. The lowest BCUT2D eigenvalue weighted by Gasteiger charge is -2.04. The van der Waals surface area contributed by atoms with Crippen LogP contribution in [0.2, 0.25) is 0 Å². The second kappa shape index (κ2) is 3.26. The van der Waals surface area contributed by atoms with Crippen molar-refractivity contribution in [3.05, 3.63) is 23.8 Å². The van der Waals surface area contributed by atoms with E-state index in [9.17, 15) is 0 Å². The molecule has 70 valence electrons. The van der Waals surface area contributed by atoms with Gasteiger partial charge in [0.15, 0.2) is 0 Å². The average Bonchev–Trinajstić information content (AvgIpc) is 2.59. The molecule has 1 aromatic carbocycles. The average molecular weight is 179 g/mol. The minimum absolute atomic E-state index is 0.348. The summed E-state index contributed by atoms with van der Waals surface area (Å²) < 4.78 is 10.6. The molecule has 0 bridgehead atoms. The first kappa shape index (κ1) is 8.38. The van der Waals surface area contributed by atoms with Crippen molar-refractivity contribution in [2.75, 3.05) is 20.3 Å². The van der Waals surface area contributed by atoms with Crippen LogP contribution in [0.4, 0.5) is 0 Å². The van der Waals surface area contributed by atoms with Gasteiger partial charge in [-0.25, -0.2) is 0 Å². The van der Waals surface area contributed by atoms with Gasteiger partial charge in [-0.15, -0.1) is 0 Å². The van der Waals surface area contributed by atoms with Gasteiger partial charge in [0.05, 0.1) is 13.7 Å². The highest BCUT2D eigenvalue weighted by atomic mass is 16.5. The molecule has 0 saturated carbocycles. The van der Waals surface area contributed by atoms with Gasteiger partial charge in [0.1, 0.15) is 11.5 Å². The first-order valence-corrected chi connectivity index (χ1v) is 4.36. The van der Waals surface area contributed by atoms with Gasteiger partial charge < -0.3 is 15.2 Å². The Kier molecular flexibility index (Phi) is 2.10. The van der Waals surface area contributed by atoms with Gasteiger partial charge in [0, 0.05) is 24.1 Å². The Morgan fingerprint density at radius 1 is 1.62 bits per heavy atom. The maximum absolute atomic E-state index is 5.61. The van der Waals surface area contributed by atoms with Crippen LogP contribution in [0.5, 0.6) is 11.5 Å². The van der Waals surface area contributed by atoms with Gasteiger partial charge in [-0.05, 0) is 6.07 Å². The van der Waals surface area contributed by atoms with Crippen molar-refractivity contribution in [3.63, 3.8) is 0 Å². The van der Waals surface area contributed by atoms with E-state index in [1.165, 1.54) is 5.56 Å². The number of hydrogen-bond donors (Lipinski definition) is 1. The van der Waals surface area contributed by atoms with E-state index in [1.807, 2.05) is 18.2 Å². The highest BCUT2D eigenvalue weighted by Crippen LogP contribution is 2.35. The Morgan fingerprint density at radius 2 is 2.46 bits per heavy atom. The zero-order valence-corrected chi connectivity index (χ0v) is 7.62. The topological polar surface area (TPSA) is 44.5 Å². The molecule has 13 heavy (non-hydrogen) atoms. The van der Waals surface area contributed by atoms with Crippen LogP contribution in [0.15, 0.2) is 18.2 Å². The van der Waals surface area contributed by atoms with E-state index in [0.29, 0.717) is 19.1 Å². The molecule has 3 nitrogen and oxygen atoms in total. The second-order valence-corrected chi connectivity index (χ2v) is 3.15. The molecule has 2 N–H and O–H groups in total. The molecular weight excluding hydrogens is 166 g/mol. The summed E-state index contributed by atoms with van der Waals surface area (Å²) in [7, 11) is 1.65. The highest BCUT2D eigenvalue weighted by Gasteiger charge is 2.22. The summed E-state index contributed by atoms with van der Waals surface area (Å²) in [6, 6.07) is 5.87. The van der Waals surface area contributed by atoms with E-state index in [0.717, 1.165) is 11.5 Å². The number of hydrogen-bond acceptors (Lipinski definition) is 3. The second-order valence-electron chi connectivity index (χ2n) is 3.15. The lowest BCUT2D eigenvalue weighted by atomic mass is 10.0. The van der Waals surface area contributed by atoms with Crippen molar-refractivity contribution in [2.24, 2.45) is 5.73 Å². The summed E-state index contributed by atoms with van der Waals surface area (Å²) in [6.07, 6.45) is 0. The van der Waals surface area contributed by atoms with Crippen molar-refractivity contribution in [2.45, 2.75) is 5.92 Å². The smallest absolute Gasteiger partial charge is 0.126 e. The largest absolute Gasteiger partial charge is 0.497 e. The van der Waals surface area contributed by atoms with Crippen LogP contribution in [-0.4, -0.2) is 20.3 Å². The van der Waals surface area contributed by atoms with Crippen molar-refractivity contribution >= 4 is 0 Å². The number of nitrogens with two attached hydrogens (primary N) is 1. The number of ether oxygens (including phenoxy) is 2. The third kappa shape index (κ3) is 1.35. The summed E-state index contributed by atoms with van der Waals surface area (Å²) >= 11 is 0. The fourth-order valence-corrected chi connectivity index (χ4v) is 1.58. The van der Waals surface area contributed by atoms with Gasteiger partial charge >= 0.3 is 0 Å². The molecule has 1 aliphatic heterocycles. The summed E-state index contributed by atoms with van der Waals surface area (Å²) in [6.45, 7) is 1.33. The summed E-state index contributed by atoms with van der Waals surface area (Å²) in [4.78, 5) is 0. The predicted octanol–water partition coefficient (Wildman–Crippen LogP) is 1.13. The van der Waals surface area contributed by atoms with E-state index in [1.54, 1.807) is 7.11 Å². The molecule has 0 aromatic heterocycles. The lowest BCUT2D eigenvalue weighted by molar-refractivity contribution is 0.330. The first-order chi connectivity index (χ1) is 6.35. The van der Waals surface area contributed by atoms with Crippen LogP contribution < -0.4 is 15.2 Å².